The van der Waals surface area contributed by atoms with Crippen LogP contribution in [0.2, 0.25) is 0 Å². The topological polar surface area (TPSA) is 63.8 Å². The molecule has 1 unspecified atom stereocenters. The van der Waals surface area contributed by atoms with Crippen molar-refractivity contribution < 1.29 is 4.52 Å². The Labute approximate surface area is 110 Å². The predicted molar refractivity (Wildman–Crippen MR) is 69.7 cm³/mol. The normalized spacial score (nSPS) is 20.2. The Bertz CT molecular complexity index is 542. The number of rotatable bonds is 2. The van der Waals surface area contributed by atoms with E-state index in [1.807, 2.05) is 13.8 Å². The molecule has 1 aliphatic heterocycles. The summed E-state index contributed by atoms with van der Waals surface area (Å²) in [4.78, 5) is 9.91. The van der Waals surface area contributed by atoms with Crippen LogP contribution < -0.4 is 5.32 Å². The Morgan fingerprint density at radius 1 is 1.33 bits per heavy atom. The van der Waals surface area contributed by atoms with Crippen LogP contribution in [-0.4, -0.2) is 28.2 Å². The molecule has 1 atom stereocenters. The average molecular weight is 264 g/mol. The summed E-state index contributed by atoms with van der Waals surface area (Å²) in [5, 5.41) is 8.52. The Morgan fingerprint density at radius 3 is 2.89 bits per heavy atom. The van der Waals surface area contributed by atoms with E-state index in [1.54, 1.807) is 11.3 Å². The second kappa shape index (κ2) is 4.78. The van der Waals surface area contributed by atoms with Gasteiger partial charge < -0.3 is 9.84 Å². The summed E-state index contributed by atoms with van der Waals surface area (Å²) in [6, 6.07) is 0. The Balaban J connectivity index is 1.86. The van der Waals surface area contributed by atoms with E-state index in [2.05, 4.69) is 20.4 Å². The Morgan fingerprint density at radius 2 is 2.22 bits per heavy atom. The highest BCUT2D eigenvalue weighted by Gasteiger charge is 2.22. The van der Waals surface area contributed by atoms with Gasteiger partial charge in [-0.25, -0.2) is 4.98 Å². The maximum Gasteiger partial charge on any atom is 0.269 e. The summed E-state index contributed by atoms with van der Waals surface area (Å²) < 4.78 is 5.38. The van der Waals surface area contributed by atoms with E-state index in [0.717, 1.165) is 40.9 Å². The first-order chi connectivity index (χ1) is 8.74. The molecule has 0 spiro atoms. The fourth-order valence-electron chi connectivity index (χ4n) is 2.29. The third-order valence-electron chi connectivity index (χ3n) is 3.20. The van der Waals surface area contributed by atoms with E-state index in [1.165, 1.54) is 6.42 Å². The minimum absolute atomic E-state index is 0.380. The molecule has 2 aromatic rings. The van der Waals surface area contributed by atoms with Crippen LogP contribution in [0.5, 0.6) is 0 Å². The van der Waals surface area contributed by atoms with Crippen molar-refractivity contribution >= 4 is 11.3 Å². The van der Waals surface area contributed by atoms with Crippen LogP contribution in [0.4, 0.5) is 0 Å². The number of aromatic nitrogens is 3. The molecule has 0 amide bonds. The number of hydrogen-bond donors (Lipinski definition) is 1. The largest absolute Gasteiger partial charge is 0.333 e. The molecule has 1 aliphatic rings. The lowest BCUT2D eigenvalue weighted by Crippen LogP contribution is -2.28. The summed E-state index contributed by atoms with van der Waals surface area (Å²) >= 11 is 1.60. The van der Waals surface area contributed by atoms with Crippen LogP contribution in [0.1, 0.15) is 35.3 Å². The highest BCUT2D eigenvalue weighted by atomic mass is 32.1. The molecule has 1 N–H and O–H groups in total. The number of hydrogen-bond acceptors (Lipinski definition) is 6. The van der Waals surface area contributed by atoms with Gasteiger partial charge in [-0.05, 0) is 33.2 Å². The molecule has 1 saturated heterocycles. The molecular formula is C12H16N4OS. The molecular weight excluding hydrogens is 248 g/mol. The number of thiazole rings is 1. The van der Waals surface area contributed by atoms with Crippen LogP contribution in [-0.2, 0) is 0 Å². The zero-order valence-electron chi connectivity index (χ0n) is 10.6. The van der Waals surface area contributed by atoms with Gasteiger partial charge in [-0.3, -0.25) is 0 Å². The first-order valence-electron chi connectivity index (χ1n) is 6.23. The van der Waals surface area contributed by atoms with Crippen molar-refractivity contribution in [3.8, 4) is 10.8 Å². The van der Waals surface area contributed by atoms with Gasteiger partial charge in [0.05, 0.1) is 10.7 Å². The molecule has 2 aromatic heterocycles. The quantitative estimate of drug-likeness (QED) is 0.901. The predicted octanol–water partition coefficient (Wildman–Crippen LogP) is 2.28. The molecule has 5 nitrogen and oxygen atoms in total. The Hall–Kier alpha value is -1.27. The van der Waals surface area contributed by atoms with E-state index in [4.69, 9.17) is 4.52 Å². The SMILES string of the molecule is Cc1nc(C)c(-c2nc(C3CCCNC3)no2)s1. The maximum atomic E-state index is 5.38. The fourth-order valence-corrected chi connectivity index (χ4v) is 3.14. The standard InChI is InChI=1S/C12H16N4OS/c1-7-10(18-8(2)14-7)12-15-11(16-17-12)9-4-3-5-13-6-9/h9,13H,3-6H2,1-2H3. The third kappa shape index (κ3) is 2.18. The molecule has 3 rings (SSSR count). The van der Waals surface area contributed by atoms with Gasteiger partial charge in [-0.15, -0.1) is 11.3 Å². The zero-order chi connectivity index (χ0) is 12.5. The van der Waals surface area contributed by atoms with Crippen LogP contribution in [0.25, 0.3) is 10.8 Å². The molecule has 0 aromatic carbocycles. The molecule has 0 bridgehead atoms. The monoisotopic (exact) mass is 264 g/mol. The number of nitrogens with zero attached hydrogens (tertiary/aromatic N) is 3. The van der Waals surface area contributed by atoms with E-state index in [-0.39, 0.29) is 0 Å². The van der Waals surface area contributed by atoms with Gasteiger partial charge >= 0.3 is 0 Å². The lowest BCUT2D eigenvalue weighted by atomic mass is 9.99. The lowest BCUT2D eigenvalue weighted by molar-refractivity contribution is 0.393. The van der Waals surface area contributed by atoms with Crippen molar-refractivity contribution in [2.75, 3.05) is 13.1 Å². The highest BCUT2D eigenvalue weighted by molar-refractivity contribution is 7.15. The summed E-state index contributed by atoms with van der Waals surface area (Å²) in [5.74, 6) is 1.81. The Kier molecular flexibility index (Phi) is 3.13. The minimum Gasteiger partial charge on any atom is -0.333 e. The van der Waals surface area contributed by atoms with Gasteiger partial charge in [-0.1, -0.05) is 5.16 Å². The molecule has 6 heteroatoms. The van der Waals surface area contributed by atoms with Crippen molar-refractivity contribution in [1.82, 2.24) is 20.4 Å². The zero-order valence-corrected chi connectivity index (χ0v) is 11.4. The second-order valence-electron chi connectivity index (χ2n) is 4.65. The molecule has 96 valence electrons. The summed E-state index contributed by atoms with van der Waals surface area (Å²) in [6.07, 6.45) is 2.31. The summed E-state index contributed by atoms with van der Waals surface area (Å²) in [6.45, 7) is 6.00. The van der Waals surface area contributed by atoms with Gasteiger partial charge in [0.25, 0.3) is 5.89 Å². The van der Waals surface area contributed by atoms with Crippen molar-refractivity contribution in [3.05, 3.63) is 16.5 Å². The number of nitrogens with one attached hydrogen (secondary N) is 1. The summed E-state index contributed by atoms with van der Waals surface area (Å²) in [7, 11) is 0. The first-order valence-corrected chi connectivity index (χ1v) is 7.04. The molecule has 18 heavy (non-hydrogen) atoms. The van der Waals surface area contributed by atoms with Crippen LogP contribution in [0.15, 0.2) is 4.52 Å². The number of aryl methyl sites for hydroxylation is 2. The van der Waals surface area contributed by atoms with Gasteiger partial charge in [0.2, 0.25) is 0 Å². The van der Waals surface area contributed by atoms with Crippen molar-refractivity contribution in [3.63, 3.8) is 0 Å². The summed E-state index contributed by atoms with van der Waals surface area (Å²) in [5.41, 5.74) is 0.967. The van der Waals surface area contributed by atoms with Crippen molar-refractivity contribution in [2.24, 2.45) is 0 Å². The van der Waals surface area contributed by atoms with Gasteiger partial charge in [0.15, 0.2) is 5.82 Å². The molecule has 1 fully saturated rings. The highest BCUT2D eigenvalue weighted by Crippen LogP contribution is 2.30. The molecule has 3 heterocycles. The first kappa shape index (κ1) is 11.8. The minimum atomic E-state index is 0.380. The van der Waals surface area contributed by atoms with Crippen LogP contribution in [0, 0.1) is 13.8 Å². The van der Waals surface area contributed by atoms with E-state index < -0.39 is 0 Å². The third-order valence-corrected chi connectivity index (χ3v) is 4.26. The van der Waals surface area contributed by atoms with E-state index in [9.17, 15) is 0 Å². The second-order valence-corrected chi connectivity index (χ2v) is 5.85. The molecule has 0 aliphatic carbocycles. The van der Waals surface area contributed by atoms with Crippen LogP contribution in [0.3, 0.4) is 0 Å². The maximum absolute atomic E-state index is 5.38. The fraction of sp³-hybridized carbons (Fsp3) is 0.583. The van der Waals surface area contributed by atoms with Crippen LogP contribution >= 0.6 is 11.3 Å². The van der Waals surface area contributed by atoms with Crippen molar-refractivity contribution in [2.45, 2.75) is 32.6 Å². The van der Waals surface area contributed by atoms with E-state index in [0.29, 0.717) is 11.8 Å². The smallest absolute Gasteiger partial charge is 0.269 e. The van der Waals surface area contributed by atoms with Gasteiger partial charge in [0, 0.05) is 12.5 Å². The molecule has 0 radical (unpaired) electrons. The number of piperidine rings is 1. The lowest BCUT2D eigenvalue weighted by Gasteiger charge is -2.19. The molecule has 0 saturated carbocycles. The van der Waals surface area contributed by atoms with E-state index >= 15 is 0 Å². The average Bonchev–Trinajstić information content (AvgIpc) is 2.97. The van der Waals surface area contributed by atoms with Gasteiger partial charge in [0.1, 0.15) is 4.88 Å². The van der Waals surface area contributed by atoms with Crippen molar-refractivity contribution in [1.29, 1.82) is 0 Å². The van der Waals surface area contributed by atoms with Gasteiger partial charge in [-0.2, -0.15) is 4.98 Å².